The first-order valence-corrected chi connectivity index (χ1v) is 11.6. The Hall–Kier alpha value is -3.45. The van der Waals surface area contributed by atoms with Gasteiger partial charge < -0.3 is 19.1 Å². The highest BCUT2D eigenvalue weighted by Crippen LogP contribution is 2.30. The zero-order chi connectivity index (χ0) is 23.8. The zero-order valence-corrected chi connectivity index (χ0v) is 19.3. The van der Waals surface area contributed by atoms with Crippen molar-refractivity contribution in [2.45, 2.75) is 39.0 Å². The summed E-state index contributed by atoms with van der Waals surface area (Å²) in [5.74, 6) is 0.563. The van der Waals surface area contributed by atoms with Gasteiger partial charge in [-0.25, -0.2) is 4.39 Å². The second-order valence-electron chi connectivity index (χ2n) is 8.20. The average Bonchev–Trinajstić information content (AvgIpc) is 3.36. The SMILES string of the molecule is CCOc1cc(C(=O)N(Cc2cccc(F)c2)CC2CCCO2)ccc1OCc1cccnc1. The van der Waals surface area contributed by atoms with E-state index in [4.69, 9.17) is 14.2 Å². The fourth-order valence-electron chi connectivity index (χ4n) is 3.96. The summed E-state index contributed by atoms with van der Waals surface area (Å²) in [5, 5.41) is 0. The Kier molecular flexibility index (Phi) is 8.09. The number of hydrogen-bond donors (Lipinski definition) is 0. The molecule has 1 atom stereocenters. The van der Waals surface area contributed by atoms with Crippen LogP contribution in [0.15, 0.2) is 67.0 Å². The lowest BCUT2D eigenvalue weighted by molar-refractivity contribution is 0.0506. The summed E-state index contributed by atoms with van der Waals surface area (Å²) in [6.45, 7) is 4.09. The summed E-state index contributed by atoms with van der Waals surface area (Å²) in [7, 11) is 0. The smallest absolute Gasteiger partial charge is 0.254 e. The van der Waals surface area contributed by atoms with Crippen molar-refractivity contribution in [2.75, 3.05) is 19.8 Å². The van der Waals surface area contributed by atoms with Crippen LogP contribution in [0, 0.1) is 5.82 Å². The second kappa shape index (κ2) is 11.6. The molecule has 1 amide bonds. The zero-order valence-electron chi connectivity index (χ0n) is 19.3. The highest BCUT2D eigenvalue weighted by atomic mass is 19.1. The first-order chi connectivity index (χ1) is 16.6. The van der Waals surface area contributed by atoms with Crippen molar-refractivity contribution in [3.8, 4) is 11.5 Å². The van der Waals surface area contributed by atoms with Crippen LogP contribution in [0.5, 0.6) is 11.5 Å². The molecule has 34 heavy (non-hydrogen) atoms. The third-order valence-corrected chi connectivity index (χ3v) is 5.61. The van der Waals surface area contributed by atoms with E-state index in [1.54, 1.807) is 41.6 Å². The minimum Gasteiger partial charge on any atom is -0.490 e. The lowest BCUT2D eigenvalue weighted by Crippen LogP contribution is -2.37. The van der Waals surface area contributed by atoms with E-state index in [1.807, 2.05) is 25.1 Å². The molecule has 0 aliphatic carbocycles. The number of halogens is 1. The van der Waals surface area contributed by atoms with Crippen LogP contribution in [0.25, 0.3) is 0 Å². The number of carbonyl (C=O) groups excluding carboxylic acids is 1. The van der Waals surface area contributed by atoms with Crippen molar-refractivity contribution in [2.24, 2.45) is 0 Å². The topological polar surface area (TPSA) is 60.9 Å². The van der Waals surface area contributed by atoms with E-state index in [9.17, 15) is 9.18 Å². The molecule has 178 valence electrons. The van der Waals surface area contributed by atoms with E-state index < -0.39 is 0 Å². The highest BCUT2D eigenvalue weighted by molar-refractivity contribution is 5.95. The third-order valence-electron chi connectivity index (χ3n) is 5.61. The van der Waals surface area contributed by atoms with Gasteiger partial charge in [0.25, 0.3) is 5.91 Å². The molecular formula is C27H29FN2O4. The van der Waals surface area contributed by atoms with E-state index >= 15 is 0 Å². The number of hydrogen-bond acceptors (Lipinski definition) is 5. The van der Waals surface area contributed by atoms with E-state index in [-0.39, 0.29) is 17.8 Å². The first-order valence-electron chi connectivity index (χ1n) is 11.6. The van der Waals surface area contributed by atoms with Crippen molar-refractivity contribution in [1.82, 2.24) is 9.88 Å². The molecule has 1 fully saturated rings. The van der Waals surface area contributed by atoms with E-state index in [0.717, 1.165) is 24.0 Å². The minimum atomic E-state index is -0.323. The fraction of sp³-hybridized carbons (Fsp3) is 0.333. The Morgan fingerprint density at radius 1 is 1.12 bits per heavy atom. The number of pyridine rings is 1. The quantitative estimate of drug-likeness (QED) is 0.422. The molecule has 0 bridgehead atoms. The van der Waals surface area contributed by atoms with Gasteiger partial charge in [-0.15, -0.1) is 0 Å². The van der Waals surface area contributed by atoms with Crippen LogP contribution in [0.4, 0.5) is 4.39 Å². The van der Waals surface area contributed by atoms with Gasteiger partial charge in [-0.3, -0.25) is 9.78 Å². The van der Waals surface area contributed by atoms with Gasteiger partial charge in [-0.05, 0) is 61.7 Å². The van der Waals surface area contributed by atoms with Gasteiger partial charge in [0.1, 0.15) is 12.4 Å². The van der Waals surface area contributed by atoms with Crippen LogP contribution in [0.3, 0.4) is 0 Å². The predicted octanol–water partition coefficient (Wildman–Crippen LogP) is 5.02. The first kappa shape index (κ1) is 23.7. The molecule has 0 spiro atoms. The maximum atomic E-state index is 13.8. The van der Waals surface area contributed by atoms with E-state index in [0.29, 0.717) is 50.0 Å². The third kappa shape index (κ3) is 6.32. The largest absolute Gasteiger partial charge is 0.490 e. The molecule has 7 heteroatoms. The Morgan fingerprint density at radius 2 is 2.00 bits per heavy atom. The average molecular weight is 465 g/mol. The second-order valence-corrected chi connectivity index (χ2v) is 8.20. The van der Waals surface area contributed by atoms with Crippen molar-refractivity contribution < 1.29 is 23.4 Å². The standard InChI is InChI=1S/C27H29FN2O4/c1-2-32-26-15-22(10-11-25(26)34-19-21-7-4-12-29-16-21)27(31)30(18-24-9-5-13-33-24)17-20-6-3-8-23(28)14-20/h3-4,6-8,10-12,14-16,24H,2,5,9,13,17-19H2,1H3. The molecule has 0 saturated carbocycles. The summed E-state index contributed by atoms with van der Waals surface area (Å²) in [6, 6.07) is 15.3. The summed E-state index contributed by atoms with van der Waals surface area (Å²) in [6.07, 6.45) is 5.31. The van der Waals surface area contributed by atoms with Crippen molar-refractivity contribution in [3.05, 3.63) is 89.5 Å². The van der Waals surface area contributed by atoms with Gasteiger partial charge in [0.2, 0.25) is 0 Å². The molecule has 0 radical (unpaired) electrons. The van der Waals surface area contributed by atoms with Crippen LogP contribution < -0.4 is 9.47 Å². The van der Waals surface area contributed by atoms with Crippen molar-refractivity contribution >= 4 is 5.91 Å². The van der Waals surface area contributed by atoms with Crippen LogP contribution in [0.2, 0.25) is 0 Å². The van der Waals surface area contributed by atoms with Gasteiger partial charge >= 0.3 is 0 Å². The molecule has 1 aliphatic rings. The summed E-state index contributed by atoms with van der Waals surface area (Å²) in [4.78, 5) is 19.4. The molecule has 1 aliphatic heterocycles. The van der Waals surface area contributed by atoms with Gasteiger partial charge in [0.15, 0.2) is 11.5 Å². The molecule has 3 aromatic rings. The van der Waals surface area contributed by atoms with Crippen LogP contribution in [-0.4, -0.2) is 41.7 Å². The molecule has 0 N–H and O–H groups in total. The Labute approximate surface area is 199 Å². The van der Waals surface area contributed by atoms with Gasteiger partial charge in [-0.2, -0.15) is 0 Å². The number of rotatable bonds is 10. The number of aromatic nitrogens is 1. The van der Waals surface area contributed by atoms with E-state index in [2.05, 4.69) is 4.98 Å². The Balaban J connectivity index is 1.54. The molecular weight excluding hydrogens is 435 g/mol. The summed E-state index contributed by atoms with van der Waals surface area (Å²) >= 11 is 0. The predicted molar refractivity (Wildman–Crippen MR) is 126 cm³/mol. The molecule has 2 heterocycles. The van der Waals surface area contributed by atoms with Crippen LogP contribution in [-0.2, 0) is 17.9 Å². The maximum Gasteiger partial charge on any atom is 0.254 e. The minimum absolute atomic E-state index is 0.0223. The fourth-order valence-corrected chi connectivity index (χ4v) is 3.96. The van der Waals surface area contributed by atoms with Gasteiger partial charge in [0.05, 0.1) is 12.7 Å². The van der Waals surface area contributed by atoms with Crippen molar-refractivity contribution in [1.29, 1.82) is 0 Å². The number of nitrogens with zero attached hydrogens (tertiary/aromatic N) is 2. The van der Waals surface area contributed by atoms with E-state index in [1.165, 1.54) is 12.1 Å². The summed E-state index contributed by atoms with van der Waals surface area (Å²) < 4.78 is 31.2. The monoisotopic (exact) mass is 464 g/mol. The molecule has 4 rings (SSSR count). The molecule has 6 nitrogen and oxygen atoms in total. The maximum absolute atomic E-state index is 13.8. The van der Waals surface area contributed by atoms with Crippen LogP contribution >= 0.6 is 0 Å². The summed E-state index contributed by atoms with van der Waals surface area (Å²) in [5.41, 5.74) is 2.14. The molecule has 1 aromatic heterocycles. The number of benzene rings is 2. The lowest BCUT2D eigenvalue weighted by Gasteiger charge is -2.26. The highest BCUT2D eigenvalue weighted by Gasteiger charge is 2.25. The van der Waals surface area contributed by atoms with Crippen molar-refractivity contribution in [3.63, 3.8) is 0 Å². The molecule has 1 unspecified atom stereocenters. The number of carbonyl (C=O) groups is 1. The Bertz CT molecular complexity index is 1090. The van der Waals surface area contributed by atoms with Gasteiger partial charge in [0, 0.05) is 43.2 Å². The molecule has 2 aromatic carbocycles. The number of ether oxygens (including phenoxy) is 3. The number of amides is 1. The Morgan fingerprint density at radius 3 is 2.74 bits per heavy atom. The normalized spacial score (nSPS) is 15.2. The molecule has 1 saturated heterocycles. The van der Waals surface area contributed by atoms with Gasteiger partial charge in [-0.1, -0.05) is 18.2 Å². The van der Waals surface area contributed by atoms with Crippen LogP contribution in [0.1, 0.15) is 41.3 Å². The lowest BCUT2D eigenvalue weighted by atomic mass is 10.1.